The Bertz CT molecular complexity index is 645. The van der Waals surface area contributed by atoms with Crippen LogP contribution in [0.25, 0.3) is 11.0 Å². The van der Waals surface area contributed by atoms with Crippen molar-refractivity contribution in [2.75, 3.05) is 13.1 Å². The van der Waals surface area contributed by atoms with E-state index in [1.165, 1.54) is 0 Å². The molecule has 0 spiro atoms. The Hall–Kier alpha value is -2.17. The number of fused-ring (bicyclic) bond motifs is 1. The Balaban J connectivity index is 2.00. The average molecular weight is 267 g/mol. The largest absolute Gasteiger partial charge is 0.459 e. The van der Waals surface area contributed by atoms with Crippen molar-refractivity contribution >= 4 is 11.0 Å². The van der Waals surface area contributed by atoms with Crippen molar-refractivity contribution in [3.05, 3.63) is 66.2 Å². The normalized spacial score (nSPS) is 12.7. The first-order valence-electron chi connectivity index (χ1n) is 6.70. The zero-order valence-electron chi connectivity index (χ0n) is 11.1. The van der Waals surface area contributed by atoms with E-state index in [1.807, 2.05) is 42.6 Å². The predicted octanol–water partition coefficient (Wildman–Crippen LogP) is 2.47. The number of pyridine rings is 1. The first-order valence-corrected chi connectivity index (χ1v) is 6.70. The van der Waals surface area contributed by atoms with Crippen LogP contribution in [0.3, 0.4) is 0 Å². The molecule has 1 aromatic carbocycles. The Morgan fingerprint density at radius 1 is 1.20 bits per heavy atom. The minimum Gasteiger partial charge on any atom is -0.459 e. The lowest BCUT2D eigenvalue weighted by Gasteiger charge is -2.16. The van der Waals surface area contributed by atoms with E-state index in [0.29, 0.717) is 6.54 Å². The highest BCUT2D eigenvalue weighted by Crippen LogP contribution is 2.27. The molecule has 3 N–H and O–H groups in total. The van der Waals surface area contributed by atoms with E-state index in [2.05, 4.69) is 16.4 Å². The van der Waals surface area contributed by atoms with Crippen molar-refractivity contribution < 1.29 is 4.42 Å². The van der Waals surface area contributed by atoms with Crippen molar-refractivity contribution in [1.29, 1.82) is 0 Å². The molecular formula is C16H17N3O. The van der Waals surface area contributed by atoms with Gasteiger partial charge in [0.15, 0.2) is 0 Å². The standard InChI is InChI=1S/C16H17N3O/c17-7-9-19-16(13-5-3-8-18-11-13)15-10-12-4-1-2-6-14(12)20-15/h1-6,8,10-11,16,19H,7,9,17H2. The van der Waals surface area contributed by atoms with Crippen LogP contribution in [0.2, 0.25) is 0 Å². The number of hydrogen-bond donors (Lipinski definition) is 2. The molecule has 0 amide bonds. The minimum absolute atomic E-state index is 0.0281. The van der Waals surface area contributed by atoms with Crippen LogP contribution in [-0.4, -0.2) is 18.1 Å². The van der Waals surface area contributed by atoms with E-state index in [1.54, 1.807) is 6.20 Å². The quantitative estimate of drug-likeness (QED) is 0.745. The lowest BCUT2D eigenvalue weighted by Crippen LogP contribution is -2.27. The van der Waals surface area contributed by atoms with Gasteiger partial charge in [0.25, 0.3) is 0 Å². The summed E-state index contributed by atoms with van der Waals surface area (Å²) in [5.74, 6) is 0.882. The fourth-order valence-corrected chi connectivity index (χ4v) is 2.30. The first-order chi connectivity index (χ1) is 9.88. The molecule has 3 aromatic rings. The van der Waals surface area contributed by atoms with Crippen molar-refractivity contribution in [3.63, 3.8) is 0 Å². The molecule has 0 saturated carbocycles. The van der Waals surface area contributed by atoms with Crippen molar-refractivity contribution in [2.24, 2.45) is 5.73 Å². The van der Waals surface area contributed by atoms with E-state index < -0.39 is 0 Å². The molecule has 0 aliphatic carbocycles. The average Bonchev–Trinajstić information content (AvgIpc) is 2.92. The van der Waals surface area contributed by atoms with E-state index in [-0.39, 0.29) is 6.04 Å². The Morgan fingerprint density at radius 2 is 2.10 bits per heavy atom. The number of nitrogens with two attached hydrogens (primary N) is 1. The monoisotopic (exact) mass is 267 g/mol. The number of nitrogens with one attached hydrogen (secondary N) is 1. The molecule has 0 aliphatic rings. The lowest BCUT2D eigenvalue weighted by molar-refractivity contribution is 0.472. The van der Waals surface area contributed by atoms with Crippen LogP contribution < -0.4 is 11.1 Å². The van der Waals surface area contributed by atoms with E-state index >= 15 is 0 Å². The molecule has 1 atom stereocenters. The van der Waals surface area contributed by atoms with Crippen LogP contribution in [0.1, 0.15) is 17.4 Å². The fraction of sp³-hybridized carbons (Fsp3) is 0.188. The smallest absolute Gasteiger partial charge is 0.134 e. The summed E-state index contributed by atoms with van der Waals surface area (Å²) in [6, 6.07) is 14.0. The SMILES string of the molecule is NCCNC(c1cccnc1)c1cc2ccccc2o1. The molecular weight excluding hydrogens is 250 g/mol. The van der Waals surface area contributed by atoms with Gasteiger partial charge < -0.3 is 15.5 Å². The number of para-hydroxylation sites is 1. The molecule has 4 nitrogen and oxygen atoms in total. The fourth-order valence-electron chi connectivity index (χ4n) is 2.30. The number of furan rings is 1. The highest BCUT2D eigenvalue weighted by Gasteiger charge is 2.17. The van der Waals surface area contributed by atoms with Gasteiger partial charge in [-0.3, -0.25) is 4.98 Å². The maximum absolute atomic E-state index is 5.95. The Morgan fingerprint density at radius 3 is 2.85 bits per heavy atom. The van der Waals surface area contributed by atoms with Crippen LogP contribution in [0, 0.1) is 0 Å². The summed E-state index contributed by atoms with van der Waals surface area (Å²) in [5, 5.41) is 4.51. The second-order valence-electron chi connectivity index (χ2n) is 4.65. The van der Waals surface area contributed by atoms with Gasteiger partial charge in [-0.1, -0.05) is 24.3 Å². The van der Waals surface area contributed by atoms with Gasteiger partial charge >= 0.3 is 0 Å². The van der Waals surface area contributed by atoms with Gasteiger partial charge in [-0.15, -0.1) is 0 Å². The molecule has 2 aromatic heterocycles. The van der Waals surface area contributed by atoms with E-state index in [4.69, 9.17) is 10.2 Å². The molecule has 0 saturated heterocycles. The van der Waals surface area contributed by atoms with E-state index in [9.17, 15) is 0 Å². The van der Waals surface area contributed by atoms with Crippen LogP contribution >= 0.6 is 0 Å². The maximum atomic E-state index is 5.95. The van der Waals surface area contributed by atoms with Crippen LogP contribution in [0.15, 0.2) is 59.3 Å². The topological polar surface area (TPSA) is 64.1 Å². The van der Waals surface area contributed by atoms with Crippen molar-refractivity contribution in [3.8, 4) is 0 Å². The molecule has 0 aliphatic heterocycles. The second kappa shape index (κ2) is 5.86. The first kappa shape index (κ1) is 12.8. The molecule has 4 heteroatoms. The lowest BCUT2D eigenvalue weighted by atomic mass is 10.1. The zero-order chi connectivity index (χ0) is 13.8. The maximum Gasteiger partial charge on any atom is 0.134 e. The van der Waals surface area contributed by atoms with Gasteiger partial charge in [-0.25, -0.2) is 0 Å². The van der Waals surface area contributed by atoms with E-state index in [0.717, 1.165) is 28.8 Å². The van der Waals surface area contributed by atoms with Crippen LogP contribution in [-0.2, 0) is 0 Å². The van der Waals surface area contributed by atoms with Crippen molar-refractivity contribution in [2.45, 2.75) is 6.04 Å². The third-order valence-electron chi connectivity index (χ3n) is 3.24. The van der Waals surface area contributed by atoms with Crippen molar-refractivity contribution in [1.82, 2.24) is 10.3 Å². The summed E-state index contributed by atoms with van der Waals surface area (Å²) >= 11 is 0. The van der Waals surface area contributed by atoms with Gasteiger partial charge in [0, 0.05) is 30.9 Å². The number of aromatic nitrogens is 1. The number of rotatable bonds is 5. The number of hydrogen-bond acceptors (Lipinski definition) is 4. The zero-order valence-corrected chi connectivity index (χ0v) is 11.1. The molecule has 20 heavy (non-hydrogen) atoms. The highest BCUT2D eigenvalue weighted by atomic mass is 16.3. The molecule has 3 rings (SSSR count). The Kier molecular flexibility index (Phi) is 3.76. The summed E-state index contributed by atoms with van der Waals surface area (Å²) in [5.41, 5.74) is 7.56. The molecule has 2 heterocycles. The number of benzene rings is 1. The molecule has 102 valence electrons. The summed E-state index contributed by atoms with van der Waals surface area (Å²) in [6.07, 6.45) is 3.61. The summed E-state index contributed by atoms with van der Waals surface area (Å²) in [4.78, 5) is 4.18. The predicted molar refractivity (Wildman–Crippen MR) is 79.4 cm³/mol. The van der Waals surface area contributed by atoms with Crippen LogP contribution in [0.5, 0.6) is 0 Å². The molecule has 0 radical (unpaired) electrons. The summed E-state index contributed by atoms with van der Waals surface area (Å²) in [6.45, 7) is 1.30. The highest BCUT2D eigenvalue weighted by molar-refractivity contribution is 5.77. The molecule has 0 bridgehead atoms. The van der Waals surface area contributed by atoms with Gasteiger partial charge in [-0.05, 0) is 23.8 Å². The summed E-state index contributed by atoms with van der Waals surface area (Å²) < 4.78 is 5.95. The molecule has 0 fully saturated rings. The second-order valence-corrected chi connectivity index (χ2v) is 4.65. The third kappa shape index (κ3) is 2.57. The Labute approximate surface area is 117 Å². The van der Waals surface area contributed by atoms with Crippen LogP contribution in [0.4, 0.5) is 0 Å². The van der Waals surface area contributed by atoms with Gasteiger partial charge in [-0.2, -0.15) is 0 Å². The van der Waals surface area contributed by atoms with Gasteiger partial charge in [0.05, 0.1) is 6.04 Å². The van der Waals surface area contributed by atoms with Gasteiger partial charge in [0.2, 0.25) is 0 Å². The third-order valence-corrected chi connectivity index (χ3v) is 3.24. The minimum atomic E-state index is -0.0281. The molecule has 1 unspecified atom stereocenters. The number of nitrogens with zero attached hydrogens (tertiary/aromatic N) is 1. The van der Waals surface area contributed by atoms with Gasteiger partial charge in [0.1, 0.15) is 11.3 Å². The summed E-state index contributed by atoms with van der Waals surface area (Å²) in [7, 11) is 0.